The Hall–Kier alpha value is -1.94. The van der Waals surface area contributed by atoms with Crippen molar-refractivity contribution >= 4 is 27.7 Å². The summed E-state index contributed by atoms with van der Waals surface area (Å²) in [6.45, 7) is 0. The van der Waals surface area contributed by atoms with E-state index in [9.17, 15) is 9.59 Å². The van der Waals surface area contributed by atoms with Gasteiger partial charge in [-0.2, -0.15) is 0 Å². The maximum atomic E-state index is 11.7. The molecule has 0 aliphatic rings. The van der Waals surface area contributed by atoms with Crippen LogP contribution >= 0.6 is 15.9 Å². The molecule has 0 saturated heterocycles. The molecular formula is C16H13BrO3. The van der Waals surface area contributed by atoms with Gasteiger partial charge in [-0.05, 0) is 11.1 Å². The van der Waals surface area contributed by atoms with E-state index in [-0.39, 0.29) is 5.33 Å². The third-order valence-corrected chi connectivity index (χ3v) is 3.29. The third-order valence-electron chi connectivity index (χ3n) is 2.78. The van der Waals surface area contributed by atoms with Crippen LogP contribution < -0.4 is 0 Å². The van der Waals surface area contributed by atoms with Crippen molar-refractivity contribution in [1.82, 2.24) is 0 Å². The van der Waals surface area contributed by atoms with Gasteiger partial charge in [0.15, 0.2) is 6.10 Å². The Balaban J connectivity index is 2.31. The first-order chi connectivity index (χ1) is 9.72. The summed E-state index contributed by atoms with van der Waals surface area (Å²) in [6.07, 6.45) is -0.576. The molecule has 0 heterocycles. The summed E-state index contributed by atoms with van der Waals surface area (Å²) < 4.78 is 5.36. The van der Waals surface area contributed by atoms with Crippen molar-refractivity contribution in [2.75, 3.05) is 5.33 Å². The number of ether oxygens (including phenoxy) is 1. The second kappa shape index (κ2) is 7.01. The molecule has 0 atom stereocenters. The topological polar surface area (TPSA) is 43.4 Å². The molecule has 2 aromatic carbocycles. The number of carbonyl (C=O) groups is 2. The largest absolute Gasteiger partial charge is 0.447 e. The van der Waals surface area contributed by atoms with Gasteiger partial charge in [0, 0.05) is 0 Å². The van der Waals surface area contributed by atoms with E-state index in [2.05, 4.69) is 15.9 Å². The highest BCUT2D eigenvalue weighted by Crippen LogP contribution is 2.25. The minimum absolute atomic E-state index is 0.0396. The zero-order chi connectivity index (χ0) is 14.4. The van der Waals surface area contributed by atoms with Gasteiger partial charge in [-0.1, -0.05) is 76.6 Å². The van der Waals surface area contributed by atoms with Crippen LogP contribution in [0, 0.1) is 0 Å². The molecule has 0 aliphatic heterocycles. The van der Waals surface area contributed by atoms with E-state index < -0.39 is 17.9 Å². The van der Waals surface area contributed by atoms with Gasteiger partial charge in [-0.15, -0.1) is 0 Å². The quantitative estimate of drug-likeness (QED) is 0.479. The van der Waals surface area contributed by atoms with Crippen molar-refractivity contribution < 1.29 is 14.3 Å². The second-order valence-electron chi connectivity index (χ2n) is 4.16. The maximum Gasteiger partial charge on any atom is 0.376 e. The Labute approximate surface area is 125 Å². The lowest BCUT2D eigenvalue weighted by Gasteiger charge is -2.18. The van der Waals surface area contributed by atoms with Crippen LogP contribution in [0.15, 0.2) is 60.7 Å². The molecule has 0 N–H and O–H groups in total. The van der Waals surface area contributed by atoms with Crippen molar-refractivity contribution in [1.29, 1.82) is 0 Å². The van der Waals surface area contributed by atoms with Crippen molar-refractivity contribution in [3.63, 3.8) is 0 Å². The van der Waals surface area contributed by atoms with Gasteiger partial charge in [0.25, 0.3) is 5.78 Å². The van der Waals surface area contributed by atoms with Gasteiger partial charge in [0.1, 0.15) is 0 Å². The lowest BCUT2D eigenvalue weighted by Crippen LogP contribution is -2.21. The van der Waals surface area contributed by atoms with Crippen LogP contribution in [0.1, 0.15) is 17.2 Å². The van der Waals surface area contributed by atoms with Gasteiger partial charge in [-0.3, -0.25) is 4.79 Å². The van der Waals surface area contributed by atoms with Crippen LogP contribution in [0.2, 0.25) is 0 Å². The number of Topliss-reactive ketones (excluding diaryl/α,β-unsaturated/α-hetero) is 1. The minimum atomic E-state index is -0.834. The fraction of sp³-hybridized carbons (Fsp3) is 0.125. The number of esters is 1. The number of rotatable bonds is 5. The molecule has 3 nitrogen and oxygen atoms in total. The van der Waals surface area contributed by atoms with Crippen molar-refractivity contribution in [2.45, 2.75) is 6.10 Å². The highest BCUT2D eigenvalue weighted by molar-refractivity contribution is 9.09. The van der Waals surface area contributed by atoms with E-state index in [4.69, 9.17) is 4.74 Å². The van der Waals surface area contributed by atoms with Crippen LogP contribution in [0.3, 0.4) is 0 Å². The summed E-state index contributed by atoms with van der Waals surface area (Å²) in [5.41, 5.74) is 1.66. The first-order valence-electron chi connectivity index (χ1n) is 6.12. The van der Waals surface area contributed by atoms with Crippen LogP contribution in [0.5, 0.6) is 0 Å². The zero-order valence-electron chi connectivity index (χ0n) is 10.7. The Morgan fingerprint density at radius 3 is 1.75 bits per heavy atom. The number of hydrogen-bond acceptors (Lipinski definition) is 3. The van der Waals surface area contributed by atoms with Crippen molar-refractivity contribution in [2.24, 2.45) is 0 Å². The normalized spacial score (nSPS) is 10.3. The molecule has 20 heavy (non-hydrogen) atoms. The zero-order valence-corrected chi connectivity index (χ0v) is 12.2. The summed E-state index contributed by atoms with van der Waals surface area (Å²) in [5, 5.41) is -0.0396. The number of alkyl halides is 1. The van der Waals surface area contributed by atoms with Crippen LogP contribution in [-0.4, -0.2) is 17.1 Å². The van der Waals surface area contributed by atoms with Crippen LogP contribution in [0.4, 0.5) is 0 Å². The van der Waals surface area contributed by atoms with E-state index in [1.54, 1.807) is 0 Å². The summed E-state index contributed by atoms with van der Waals surface area (Å²) in [4.78, 5) is 23.1. The molecule has 0 amide bonds. The summed E-state index contributed by atoms with van der Waals surface area (Å²) in [5.74, 6) is -1.43. The number of benzene rings is 2. The number of ketones is 1. The second-order valence-corrected chi connectivity index (χ2v) is 4.72. The molecule has 0 saturated carbocycles. The highest BCUT2D eigenvalue weighted by atomic mass is 79.9. The predicted octanol–water partition coefficient (Wildman–Crippen LogP) is 3.28. The fourth-order valence-electron chi connectivity index (χ4n) is 1.81. The summed E-state index contributed by atoms with van der Waals surface area (Å²) >= 11 is 2.97. The lowest BCUT2D eigenvalue weighted by atomic mass is 10.0. The van der Waals surface area contributed by atoms with Crippen molar-refractivity contribution in [3.8, 4) is 0 Å². The highest BCUT2D eigenvalue weighted by Gasteiger charge is 2.22. The molecule has 0 spiro atoms. The van der Waals surface area contributed by atoms with E-state index in [1.807, 2.05) is 60.7 Å². The molecule has 0 aromatic heterocycles. The fourth-order valence-corrected chi connectivity index (χ4v) is 2.04. The van der Waals surface area contributed by atoms with E-state index in [0.717, 1.165) is 11.1 Å². The Kier molecular flexibility index (Phi) is 5.07. The van der Waals surface area contributed by atoms with Crippen LogP contribution in [0.25, 0.3) is 0 Å². The molecule has 0 unspecified atom stereocenters. The lowest BCUT2D eigenvalue weighted by molar-refractivity contribution is -0.155. The maximum absolute atomic E-state index is 11.7. The molecule has 0 fully saturated rings. The molecule has 2 aromatic rings. The average molecular weight is 333 g/mol. The number of carbonyl (C=O) groups excluding carboxylic acids is 2. The number of halogens is 1. The molecule has 0 radical (unpaired) electrons. The summed E-state index contributed by atoms with van der Waals surface area (Å²) in [7, 11) is 0. The van der Waals surface area contributed by atoms with Crippen LogP contribution in [-0.2, 0) is 14.3 Å². The molecule has 2 rings (SSSR count). The standard InChI is InChI=1S/C16H13BrO3/c17-11-14(18)16(19)20-15(12-7-3-1-4-8-12)13-9-5-2-6-10-13/h1-10,15H,11H2. The average Bonchev–Trinajstić information content (AvgIpc) is 2.53. The van der Waals surface area contributed by atoms with E-state index in [0.29, 0.717) is 0 Å². The SMILES string of the molecule is O=C(CBr)C(=O)OC(c1ccccc1)c1ccccc1. The molecule has 0 bridgehead atoms. The minimum Gasteiger partial charge on any atom is -0.447 e. The van der Waals surface area contributed by atoms with Gasteiger partial charge in [0.2, 0.25) is 0 Å². The van der Waals surface area contributed by atoms with Gasteiger partial charge in [0.05, 0.1) is 5.33 Å². The van der Waals surface area contributed by atoms with E-state index in [1.165, 1.54) is 0 Å². The predicted molar refractivity (Wildman–Crippen MR) is 79.6 cm³/mol. The molecule has 0 aliphatic carbocycles. The van der Waals surface area contributed by atoms with Gasteiger partial charge in [-0.25, -0.2) is 4.79 Å². The van der Waals surface area contributed by atoms with Crippen molar-refractivity contribution in [3.05, 3.63) is 71.8 Å². The third kappa shape index (κ3) is 3.54. The van der Waals surface area contributed by atoms with Gasteiger partial charge < -0.3 is 4.74 Å². The van der Waals surface area contributed by atoms with Gasteiger partial charge >= 0.3 is 5.97 Å². The Morgan fingerprint density at radius 2 is 1.35 bits per heavy atom. The first-order valence-corrected chi connectivity index (χ1v) is 7.24. The Morgan fingerprint density at radius 1 is 0.900 bits per heavy atom. The molecule has 4 heteroatoms. The molecular weight excluding hydrogens is 320 g/mol. The Bertz CT molecular complexity index is 542. The first kappa shape index (κ1) is 14.5. The van der Waals surface area contributed by atoms with E-state index >= 15 is 0 Å². The number of hydrogen-bond donors (Lipinski definition) is 0. The monoisotopic (exact) mass is 332 g/mol. The molecule has 102 valence electrons. The smallest absolute Gasteiger partial charge is 0.376 e. The summed E-state index contributed by atoms with van der Waals surface area (Å²) in [6, 6.07) is 18.7.